The van der Waals surface area contributed by atoms with Crippen molar-refractivity contribution in [2.24, 2.45) is 0 Å². The fourth-order valence-electron chi connectivity index (χ4n) is 2.15. The van der Waals surface area contributed by atoms with Gasteiger partial charge in [-0.2, -0.15) is 0 Å². The maximum Gasteiger partial charge on any atom is 0.286 e. The molecule has 2 amide bonds. The summed E-state index contributed by atoms with van der Waals surface area (Å²) in [4.78, 5) is 26.9. The summed E-state index contributed by atoms with van der Waals surface area (Å²) in [7, 11) is 0. The van der Waals surface area contributed by atoms with Gasteiger partial charge in [0.25, 0.3) is 11.8 Å². The first-order valence-corrected chi connectivity index (χ1v) is 6.92. The SMILES string of the molecule is Cc1onc(-c2ccccc2)c1C(=O)NNC(=O)c1ccc[nH]1. The molecule has 0 unspecified atom stereocenters. The summed E-state index contributed by atoms with van der Waals surface area (Å²) in [5.74, 6) is -0.572. The average Bonchev–Trinajstić information content (AvgIpc) is 3.23. The molecule has 7 nitrogen and oxygen atoms in total. The van der Waals surface area contributed by atoms with Crippen LogP contribution in [0.1, 0.15) is 26.6 Å². The smallest absolute Gasteiger partial charge is 0.286 e. The Labute approximate surface area is 131 Å². The summed E-state index contributed by atoms with van der Waals surface area (Å²) in [6.07, 6.45) is 1.62. The lowest BCUT2D eigenvalue weighted by Crippen LogP contribution is -2.42. The van der Waals surface area contributed by atoms with Crippen molar-refractivity contribution >= 4 is 11.8 Å². The average molecular weight is 310 g/mol. The number of carbonyl (C=O) groups excluding carboxylic acids is 2. The fraction of sp³-hybridized carbons (Fsp3) is 0.0625. The van der Waals surface area contributed by atoms with Gasteiger partial charge in [-0.25, -0.2) is 0 Å². The standard InChI is InChI=1S/C16H14N4O3/c1-10-13(14(20-23-10)11-6-3-2-4-7-11)16(22)19-18-15(21)12-8-5-9-17-12/h2-9,17H,1H3,(H,18,21)(H,19,22). The van der Waals surface area contributed by atoms with Gasteiger partial charge in [-0.15, -0.1) is 0 Å². The van der Waals surface area contributed by atoms with Gasteiger partial charge in [-0.1, -0.05) is 35.5 Å². The van der Waals surface area contributed by atoms with Gasteiger partial charge < -0.3 is 9.51 Å². The molecule has 0 aliphatic heterocycles. The van der Waals surface area contributed by atoms with Crippen molar-refractivity contribution in [2.75, 3.05) is 0 Å². The number of rotatable bonds is 3. The Morgan fingerprint density at radius 1 is 1.04 bits per heavy atom. The van der Waals surface area contributed by atoms with E-state index < -0.39 is 11.8 Å². The van der Waals surface area contributed by atoms with E-state index in [9.17, 15) is 9.59 Å². The Hall–Kier alpha value is -3.35. The maximum atomic E-state index is 12.4. The van der Waals surface area contributed by atoms with Crippen LogP contribution in [0.2, 0.25) is 0 Å². The summed E-state index contributed by atoms with van der Waals surface area (Å²) in [6.45, 7) is 1.64. The molecule has 0 atom stereocenters. The number of nitrogens with one attached hydrogen (secondary N) is 3. The zero-order chi connectivity index (χ0) is 16.2. The number of nitrogens with zero attached hydrogens (tertiary/aromatic N) is 1. The fourth-order valence-corrected chi connectivity index (χ4v) is 2.15. The second kappa shape index (κ2) is 6.18. The highest BCUT2D eigenvalue weighted by Crippen LogP contribution is 2.24. The number of hydrogen-bond donors (Lipinski definition) is 3. The Morgan fingerprint density at radius 2 is 1.78 bits per heavy atom. The molecule has 0 fully saturated rings. The highest BCUT2D eigenvalue weighted by atomic mass is 16.5. The minimum absolute atomic E-state index is 0.281. The van der Waals surface area contributed by atoms with E-state index in [-0.39, 0.29) is 5.56 Å². The Bertz CT molecular complexity index is 822. The van der Waals surface area contributed by atoms with Gasteiger partial charge in [0.05, 0.1) is 0 Å². The van der Waals surface area contributed by atoms with Gasteiger partial charge in [0.2, 0.25) is 0 Å². The second-order valence-corrected chi connectivity index (χ2v) is 4.82. The zero-order valence-corrected chi connectivity index (χ0v) is 12.3. The predicted octanol–water partition coefficient (Wildman–Crippen LogP) is 2.05. The van der Waals surface area contributed by atoms with E-state index in [0.717, 1.165) is 5.56 Å². The van der Waals surface area contributed by atoms with Crippen LogP contribution < -0.4 is 10.9 Å². The lowest BCUT2D eigenvalue weighted by Gasteiger charge is -2.06. The van der Waals surface area contributed by atoms with E-state index in [1.165, 1.54) is 0 Å². The van der Waals surface area contributed by atoms with Gasteiger partial charge in [0.1, 0.15) is 22.7 Å². The number of benzene rings is 1. The van der Waals surface area contributed by atoms with Crippen molar-refractivity contribution in [3.63, 3.8) is 0 Å². The number of aromatic nitrogens is 2. The van der Waals surface area contributed by atoms with E-state index in [1.807, 2.05) is 30.3 Å². The summed E-state index contributed by atoms with van der Waals surface area (Å²) >= 11 is 0. The molecule has 1 aromatic carbocycles. The monoisotopic (exact) mass is 310 g/mol. The molecule has 0 aliphatic carbocycles. The quantitative estimate of drug-likeness (QED) is 0.645. The Kier molecular flexibility index (Phi) is 3.92. The molecular weight excluding hydrogens is 296 g/mol. The van der Waals surface area contributed by atoms with Crippen LogP contribution in [0, 0.1) is 6.92 Å². The first-order valence-electron chi connectivity index (χ1n) is 6.92. The van der Waals surface area contributed by atoms with Crippen LogP contribution in [-0.2, 0) is 0 Å². The van der Waals surface area contributed by atoms with Gasteiger partial charge in [0, 0.05) is 11.8 Å². The molecule has 2 aromatic heterocycles. The van der Waals surface area contributed by atoms with Crippen LogP contribution in [0.15, 0.2) is 53.2 Å². The number of aromatic amines is 1. The lowest BCUT2D eigenvalue weighted by atomic mass is 10.1. The van der Waals surface area contributed by atoms with E-state index in [4.69, 9.17) is 4.52 Å². The third-order valence-electron chi connectivity index (χ3n) is 3.27. The number of hydrogen-bond acceptors (Lipinski definition) is 4. The van der Waals surface area contributed by atoms with Crippen LogP contribution in [0.3, 0.4) is 0 Å². The maximum absolute atomic E-state index is 12.4. The van der Waals surface area contributed by atoms with E-state index >= 15 is 0 Å². The number of aryl methyl sites for hydroxylation is 1. The first kappa shape index (κ1) is 14.6. The third-order valence-corrected chi connectivity index (χ3v) is 3.27. The van der Waals surface area contributed by atoms with E-state index in [2.05, 4.69) is 21.0 Å². The molecule has 23 heavy (non-hydrogen) atoms. The molecule has 0 saturated carbocycles. The lowest BCUT2D eigenvalue weighted by molar-refractivity contribution is 0.0843. The first-order chi connectivity index (χ1) is 11.2. The molecule has 3 rings (SSSR count). The van der Waals surface area contributed by atoms with Crippen molar-refractivity contribution in [3.05, 3.63) is 65.7 Å². The molecule has 3 N–H and O–H groups in total. The summed E-state index contributed by atoms with van der Waals surface area (Å²) in [5, 5.41) is 3.93. The zero-order valence-electron chi connectivity index (χ0n) is 12.3. The topological polar surface area (TPSA) is 100 Å². The molecule has 2 heterocycles. The highest BCUT2D eigenvalue weighted by Gasteiger charge is 2.22. The van der Waals surface area contributed by atoms with Crippen LogP contribution in [0.4, 0.5) is 0 Å². The molecule has 0 spiro atoms. The van der Waals surface area contributed by atoms with Gasteiger partial charge in [0.15, 0.2) is 0 Å². The van der Waals surface area contributed by atoms with E-state index in [0.29, 0.717) is 17.1 Å². The van der Waals surface area contributed by atoms with Gasteiger partial charge in [-0.3, -0.25) is 20.4 Å². The van der Waals surface area contributed by atoms with E-state index in [1.54, 1.807) is 25.3 Å². The molecule has 0 saturated heterocycles. The molecule has 0 aliphatic rings. The minimum atomic E-state index is -0.498. The Balaban J connectivity index is 1.78. The van der Waals surface area contributed by atoms with Gasteiger partial charge in [-0.05, 0) is 19.1 Å². The number of hydrazine groups is 1. The molecule has 0 radical (unpaired) electrons. The third kappa shape index (κ3) is 2.98. The largest absolute Gasteiger partial charge is 0.360 e. The van der Waals surface area contributed by atoms with Crippen LogP contribution >= 0.6 is 0 Å². The second-order valence-electron chi connectivity index (χ2n) is 4.82. The molecule has 116 valence electrons. The van der Waals surface area contributed by atoms with Crippen molar-refractivity contribution < 1.29 is 14.1 Å². The predicted molar refractivity (Wildman–Crippen MR) is 82.4 cm³/mol. The summed E-state index contributed by atoms with van der Waals surface area (Å²) < 4.78 is 5.12. The van der Waals surface area contributed by atoms with Crippen LogP contribution in [0.5, 0.6) is 0 Å². The van der Waals surface area contributed by atoms with Crippen molar-refractivity contribution in [1.29, 1.82) is 0 Å². The van der Waals surface area contributed by atoms with Crippen LogP contribution in [0.25, 0.3) is 11.3 Å². The van der Waals surface area contributed by atoms with Gasteiger partial charge >= 0.3 is 0 Å². The van der Waals surface area contributed by atoms with Crippen molar-refractivity contribution in [3.8, 4) is 11.3 Å². The molecule has 3 aromatic rings. The molecule has 7 heteroatoms. The summed E-state index contributed by atoms with van der Waals surface area (Å²) in [5.41, 5.74) is 6.51. The number of H-pyrrole nitrogens is 1. The molecular formula is C16H14N4O3. The number of amides is 2. The van der Waals surface area contributed by atoms with Crippen LogP contribution in [-0.4, -0.2) is 22.0 Å². The normalized spacial score (nSPS) is 10.3. The highest BCUT2D eigenvalue weighted by molar-refractivity contribution is 6.02. The van der Waals surface area contributed by atoms with Crippen molar-refractivity contribution in [1.82, 2.24) is 21.0 Å². The molecule has 0 bridgehead atoms. The number of carbonyl (C=O) groups is 2. The minimum Gasteiger partial charge on any atom is -0.360 e. The summed E-state index contributed by atoms with van der Waals surface area (Å²) in [6, 6.07) is 12.5. The van der Waals surface area contributed by atoms with Crippen molar-refractivity contribution in [2.45, 2.75) is 6.92 Å². The Morgan fingerprint density at radius 3 is 2.48 bits per heavy atom.